The maximum absolute atomic E-state index is 11.1. The molecule has 0 saturated carbocycles. The van der Waals surface area contributed by atoms with Gasteiger partial charge in [-0.05, 0) is 60.0 Å². The van der Waals surface area contributed by atoms with Crippen LogP contribution in [0.25, 0.3) is 11.4 Å². The van der Waals surface area contributed by atoms with Crippen LogP contribution in [-0.4, -0.2) is 16.0 Å². The minimum atomic E-state index is -0.107. The highest BCUT2D eigenvalue weighted by Gasteiger charge is 2.10. The second-order valence-corrected chi connectivity index (χ2v) is 7.13. The van der Waals surface area contributed by atoms with Crippen molar-refractivity contribution >= 4 is 22.9 Å². The van der Waals surface area contributed by atoms with E-state index in [0.717, 1.165) is 11.3 Å². The molecule has 0 atom stereocenters. The maximum atomic E-state index is 11.1. The molecule has 0 saturated heterocycles. The number of rotatable bonds is 6. The molecule has 0 bridgehead atoms. The summed E-state index contributed by atoms with van der Waals surface area (Å²) in [4.78, 5) is 16.7. The largest absolute Gasteiger partial charge is 0.457 e. The number of anilines is 1. The van der Waals surface area contributed by atoms with Crippen LogP contribution < -0.4 is 10.1 Å². The normalized spacial score (nSPS) is 10.6. The Morgan fingerprint density at radius 3 is 2.43 bits per heavy atom. The van der Waals surface area contributed by atoms with E-state index in [-0.39, 0.29) is 5.91 Å². The molecule has 4 rings (SSSR count). The Hall–Kier alpha value is -3.45. The van der Waals surface area contributed by atoms with Crippen LogP contribution in [0.1, 0.15) is 17.7 Å². The molecule has 1 N–H and O–H groups in total. The smallest absolute Gasteiger partial charge is 0.232 e. The number of hydrogen-bond acceptors (Lipinski definition) is 6. The minimum absolute atomic E-state index is 0.107. The van der Waals surface area contributed by atoms with Crippen LogP contribution in [0.15, 0.2) is 70.6 Å². The van der Waals surface area contributed by atoms with Gasteiger partial charge in [-0.1, -0.05) is 11.2 Å². The van der Waals surface area contributed by atoms with Crippen LogP contribution in [0.2, 0.25) is 0 Å². The molecule has 4 aromatic rings. The van der Waals surface area contributed by atoms with Gasteiger partial charge in [-0.25, -0.2) is 0 Å². The van der Waals surface area contributed by atoms with E-state index in [1.165, 1.54) is 11.8 Å². The van der Waals surface area contributed by atoms with Crippen molar-refractivity contribution in [2.75, 3.05) is 5.32 Å². The molecular weight excluding hydrogens is 374 g/mol. The van der Waals surface area contributed by atoms with Gasteiger partial charge in [0.05, 0.1) is 6.42 Å². The first-order valence-electron chi connectivity index (χ1n) is 8.66. The predicted octanol–water partition coefficient (Wildman–Crippen LogP) is 5.14. The Bertz CT molecular complexity index is 1060. The fourth-order valence-electron chi connectivity index (χ4n) is 2.62. The number of thiophene rings is 1. The second-order valence-electron chi connectivity index (χ2n) is 6.10. The molecule has 140 valence electrons. The van der Waals surface area contributed by atoms with E-state index < -0.39 is 0 Å². The standard InChI is InChI=1S/C21H17N3O3S/c1-14(25)22-16-6-10-18(11-7-16)26-17-8-4-15(5-9-17)21-23-20(27-24-21)13-19-3-2-12-28-19/h2-12H,13H2,1H3,(H,22,25). The highest BCUT2D eigenvalue weighted by Crippen LogP contribution is 2.26. The Balaban J connectivity index is 1.41. The van der Waals surface area contributed by atoms with Crippen molar-refractivity contribution in [1.82, 2.24) is 10.1 Å². The Labute approximate surface area is 165 Å². The third kappa shape index (κ3) is 4.44. The summed E-state index contributed by atoms with van der Waals surface area (Å²) >= 11 is 1.66. The van der Waals surface area contributed by atoms with Crippen LogP contribution in [0.4, 0.5) is 5.69 Å². The number of ether oxygens (including phenoxy) is 1. The Morgan fingerprint density at radius 1 is 1.07 bits per heavy atom. The highest BCUT2D eigenvalue weighted by molar-refractivity contribution is 7.09. The van der Waals surface area contributed by atoms with Gasteiger partial charge < -0.3 is 14.6 Å². The first-order chi connectivity index (χ1) is 13.7. The molecule has 7 heteroatoms. The summed E-state index contributed by atoms with van der Waals surface area (Å²) in [5.41, 5.74) is 1.58. The van der Waals surface area contributed by atoms with E-state index in [0.29, 0.717) is 29.6 Å². The number of hydrogen-bond donors (Lipinski definition) is 1. The summed E-state index contributed by atoms with van der Waals surface area (Å²) in [5.74, 6) is 2.41. The van der Waals surface area contributed by atoms with E-state index in [2.05, 4.69) is 15.5 Å². The van der Waals surface area contributed by atoms with Crippen molar-refractivity contribution in [2.45, 2.75) is 13.3 Å². The van der Waals surface area contributed by atoms with Gasteiger partial charge in [-0.15, -0.1) is 11.3 Å². The van der Waals surface area contributed by atoms with E-state index in [9.17, 15) is 4.79 Å². The summed E-state index contributed by atoms with van der Waals surface area (Å²) in [6.07, 6.45) is 0.639. The minimum Gasteiger partial charge on any atom is -0.457 e. The van der Waals surface area contributed by atoms with Gasteiger partial charge in [0.1, 0.15) is 11.5 Å². The van der Waals surface area contributed by atoms with E-state index in [1.54, 1.807) is 35.6 Å². The topological polar surface area (TPSA) is 77.2 Å². The molecule has 0 aliphatic heterocycles. The van der Waals surface area contributed by atoms with E-state index in [1.807, 2.05) is 41.8 Å². The zero-order chi connectivity index (χ0) is 19.3. The van der Waals surface area contributed by atoms with Crippen LogP contribution in [0.5, 0.6) is 11.5 Å². The summed E-state index contributed by atoms with van der Waals surface area (Å²) in [7, 11) is 0. The maximum Gasteiger partial charge on any atom is 0.232 e. The lowest BCUT2D eigenvalue weighted by atomic mass is 10.2. The molecule has 0 aliphatic rings. The average molecular weight is 391 g/mol. The third-order valence-electron chi connectivity index (χ3n) is 3.90. The van der Waals surface area contributed by atoms with Crippen molar-refractivity contribution in [3.8, 4) is 22.9 Å². The van der Waals surface area contributed by atoms with E-state index >= 15 is 0 Å². The fourth-order valence-corrected chi connectivity index (χ4v) is 3.32. The lowest BCUT2D eigenvalue weighted by molar-refractivity contribution is -0.114. The second kappa shape index (κ2) is 8.06. The van der Waals surface area contributed by atoms with Crippen molar-refractivity contribution in [2.24, 2.45) is 0 Å². The molecular formula is C21H17N3O3S. The van der Waals surface area contributed by atoms with Crippen LogP contribution in [0.3, 0.4) is 0 Å². The van der Waals surface area contributed by atoms with Gasteiger partial charge >= 0.3 is 0 Å². The number of carbonyl (C=O) groups is 1. The molecule has 0 radical (unpaired) electrons. The third-order valence-corrected chi connectivity index (χ3v) is 4.77. The molecule has 28 heavy (non-hydrogen) atoms. The van der Waals surface area contributed by atoms with Crippen molar-refractivity contribution < 1.29 is 14.1 Å². The first-order valence-corrected chi connectivity index (χ1v) is 9.54. The van der Waals surface area contributed by atoms with Gasteiger partial charge in [0.25, 0.3) is 0 Å². The molecule has 2 heterocycles. The van der Waals surface area contributed by atoms with Crippen LogP contribution in [0, 0.1) is 0 Å². The van der Waals surface area contributed by atoms with Crippen molar-refractivity contribution in [3.05, 3.63) is 76.8 Å². The predicted molar refractivity (Wildman–Crippen MR) is 108 cm³/mol. The highest BCUT2D eigenvalue weighted by atomic mass is 32.1. The van der Waals surface area contributed by atoms with Crippen LogP contribution in [-0.2, 0) is 11.2 Å². The van der Waals surface area contributed by atoms with Gasteiger partial charge in [0.15, 0.2) is 0 Å². The zero-order valence-corrected chi connectivity index (χ0v) is 15.9. The number of aromatic nitrogens is 2. The lowest BCUT2D eigenvalue weighted by Crippen LogP contribution is -2.05. The number of nitrogens with one attached hydrogen (secondary N) is 1. The lowest BCUT2D eigenvalue weighted by Gasteiger charge is -2.07. The number of carbonyl (C=O) groups excluding carboxylic acids is 1. The van der Waals surface area contributed by atoms with Crippen molar-refractivity contribution in [1.29, 1.82) is 0 Å². The molecule has 2 aromatic carbocycles. The summed E-state index contributed by atoms with van der Waals surface area (Å²) in [6, 6.07) is 18.7. The fraction of sp³-hybridized carbons (Fsp3) is 0.0952. The summed E-state index contributed by atoms with van der Waals surface area (Å²) in [6.45, 7) is 1.47. The van der Waals surface area contributed by atoms with Gasteiger partial charge in [0, 0.05) is 23.1 Å². The Kier molecular flexibility index (Phi) is 5.16. The molecule has 6 nitrogen and oxygen atoms in total. The number of amides is 1. The number of nitrogens with zero attached hydrogens (tertiary/aromatic N) is 2. The van der Waals surface area contributed by atoms with E-state index in [4.69, 9.17) is 9.26 Å². The van der Waals surface area contributed by atoms with Crippen LogP contribution >= 0.6 is 11.3 Å². The zero-order valence-electron chi connectivity index (χ0n) is 15.1. The molecule has 2 aromatic heterocycles. The summed E-state index contributed by atoms with van der Waals surface area (Å²) in [5, 5.41) is 8.80. The average Bonchev–Trinajstić information content (AvgIpc) is 3.36. The molecule has 0 spiro atoms. The molecule has 0 fully saturated rings. The quantitative estimate of drug-likeness (QED) is 0.492. The molecule has 1 amide bonds. The Morgan fingerprint density at radius 2 is 1.79 bits per heavy atom. The molecule has 0 aliphatic carbocycles. The first kappa shape index (κ1) is 17.9. The van der Waals surface area contributed by atoms with Gasteiger partial charge in [0.2, 0.25) is 17.6 Å². The SMILES string of the molecule is CC(=O)Nc1ccc(Oc2ccc(-c3noc(Cc4cccs4)n3)cc2)cc1. The van der Waals surface area contributed by atoms with Gasteiger partial charge in [-0.2, -0.15) is 4.98 Å². The number of benzene rings is 2. The molecule has 0 unspecified atom stereocenters. The van der Waals surface area contributed by atoms with Crippen molar-refractivity contribution in [3.63, 3.8) is 0 Å². The summed E-state index contributed by atoms with van der Waals surface area (Å²) < 4.78 is 11.2. The monoisotopic (exact) mass is 391 g/mol. The van der Waals surface area contributed by atoms with Gasteiger partial charge in [-0.3, -0.25) is 4.79 Å².